The second kappa shape index (κ2) is 10.3. The molecule has 3 nitrogen and oxygen atoms in total. The van der Waals surface area contributed by atoms with Crippen molar-refractivity contribution in [3.8, 4) is 0 Å². The van der Waals surface area contributed by atoms with Crippen LogP contribution in [0.5, 0.6) is 0 Å². The standard InChI is InChI=1S/C22H27NO2.ClH/c1-18(17-23-15-9-4-10-16-23)25-22(24)21(19-11-5-2-6-12-19)20-13-7-3-8-14-20;/h2-3,5-8,11-14,18,21H,4,9-10,15-17H2,1H3;1H/p-1. The average Bonchev–Trinajstić information content (AvgIpc) is 2.64. The number of ether oxygens (including phenoxy) is 1. The largest absolute Gasteiger partial charge is 1.00 e. The molecule has 2 aromatic rings. The van der Waals surface area contributed by atoms with Crippen molar-refractivity contribution in [2.75, 3.05) is 19.6 Å². The highest BCUT2D eigenvalue weighted by Gasteiger charge is 2.26. The minimum atomic E-state index is -0.369. The lowest BCUT2D eigenvalue weighted by Crippen LogP contribution is -3.00. The van der Waals surface area contributed by atoms with Crippen molar-refractivity contribution in [3.63, 3.8) is 0 Å². The van der Waals surface area contributed by atoms with Gasteiger partial charge in [0.1, 0.15) is 12.0 Å². The SMILES string of the molecule is CC(CN1CCCCC1)OC(=O)C(c1ccccc1)c1ccccc1.[Cl-]. The van der Waals surface area contributed by atoms with Gasteiger partial charge < -0.3 is 17.1 Å². The van der Waals surface area contributed by atoms with E-state index < -0.39 is 0 Å². The maximum atomic E-state index is 13.0. The number of rotatable bonds is 6. The van der Waals surface area contributed by atoms with E-state index in [0.29, 0.717) is 0 Å². The molecule has 0 saturated carbocycles. The quantitative estimate of drug-likeness (QED) is 0.714. The molecular weight excluding hydrogens is 346 g/mol. The number of hydrogen-bond donors (Lipinski definition) is 0. The Morgan fingerprint density at radius 3 is 1.92 bits per heavy atom. The number of benzene rings is 2. The molecule has 0 spiro atoms. The summed E-state index contributed by atoms with van der Waals surface area (Å²) >= 11 is 0. The molecule has 4 heteroatoms. The molecule has 26 heavy (non-hydrogen) atoms. The van der Waals surface area contributed by atoms with Crippen molar-refractivity contribution >= 4 is 5.97 Å². The number of nitrogens with zero attached hydrogens (tertiary/aromatic N) is 1. The highest BCUT2D eigenvalue weighted by atomic mass is 35.5. The maximum absolute atomic E-state index is 13.0. The van der Waals surface area contributed by atoms with Crippen molar-refractivity contribution in [3.05, 3.63) is 71.8 Å². The number of hydrogen-bond acceptors (Lipinski definition) is 3. The van der Waals surface area contributed by atoms with E-state index in [4.69, 9.17) is 4.74 Å². The van der Waals surface area contributed by atoms with Crippen LogP contribution < -0.4 is 12.4 Å². The molecule has 0 bridgehead atoms. The van der Waals surface area contributed by atoms with Crippen LogP contribution in [0.3, 0.4) is 0 Å². The fourth-order valence-electron chi connectivity index (χ4n) is 3.56. The average molecular weight is 373 g/mol. The molecule has 0 aliphatic carbocycles. The molecule has 0 aromatic heterocycles. The first kappa shape index (κ1) is 20.5. The summed E-state index contributed by atoms with van der Waals surface area (Å²) in [6, 6.07) is 19.8. The van der Waals surface area contributed by atoms with Crippen LogP contribution in [-0.4, -0.2) is 36.6 Å². The summed E-state index contributed by atoms with van der Waals surface area (Å²) < 4.78 is 5.84. The zero-order valence-electron chi connectivity index (χ0n) is 15.3. The van der Waals surface area contributed by atoms with Gasteiger partial charge in [0, 0.05) is 6.54 Å². The Balaban J connectivity index is 0.00000243. The number of carbonyl (C=O) groups is 1. The fourth-order valence-corrected chi connectivity index (χ4v) is 3.56. The van der Waals surface area contributed by atoms with Crippen LogP contribution in [0.25, 0.3) is 0 Å². The van der Waals surface area contributed by atoms with E-state index in [1.54, 1.807) is 0 Å². The van der Waals surface area contributed by atoms with Crippen LogP contribution in [0, 0.1) is 0 Å². The molecule has 1 fully saturated rings. The van der Waals surface area contributed by atoms with Crippen LogP contribution in [0.2, 0.25) is 0 Å². The van der Waals surface area contributed by atoms with E-state index in [1.807, 2.05) is 67.6 Å². The van der Waals surface area contributed by atoms with Gasteiger partial charge in [0.25, 0.3) is 0 Å². The van der Waals surface area contributed by atoms with Crippen molar-refractivity contribution in [2.24, 2.45) is 0 Å². The van der Waals surface area contributed by atoms with E-state index in [1.165, 1.54) is 19.3 Å². The summed E-state index contributed by atoms with van der Waals surface area (Å²) in [5, 5.41) is 0. The number of likely N-dealkylation sites (tertiary alicyclic amines) is 1. The topological polar surface area (TPSA) is 29.5 Å². The Hall–Kier alpha value is -1.84. The predicted molar refractivity (Wildman–Crippen MR) is 101 cm³/mol. The molecular formula is C22H27ClNO2-. The molecule has 1 saturated heterocycles. The Morgan fingerprint density at radius 1 is 0.923 bits per heavy atom. The van der Waals surface area contributed by atoms with Crippen molar-refractivity contribution in [1.29, 1.82) is 0 Å². The summed E-state index contributed by atoms with van der Waals surface area (Å²) in [5.41, 5.74) is 1.95. The van der Waals surface area contributed by atoms with E-state index >= 15 is 0 Å². The van der Waals surface area contributed by atoms with Gasteiger partial charge in [-0.2, -0.15) is 0 Å². The van der Waals surface area contributed by atoms with Gasteiger partial charge in [-0.15, -0.1) is 0 Å². The van der Waals surface area contributed by atoms with Crippen LogP contribution in [0.4, 0.5) is 0 Å². The van der Waals surface area contributed by atoms with Gasteiger partial charge in [-0.3, -0.25) is 9.69 Å². The maximum Gasteiger partial charge on any atom is 0.318 e. The first-order chi connectivity index (χ1) is 12.2. The van der Waals surface area contributed by atoms with E-state index in [-0.39, 0.29) is 30.4 Å². The van der Waals surface area contributed by atoms with E-state index in [9.17, 15) is 4.79 Å². The molecule has 0 amide bonds. The van der Waals surface area contributed by atoms with Gasteiger partial charge in [0.2, 0.25) is 0 Å². The van der Waals surface area contributed by atoms with Crippen LogP contribution in [0.15, 0.2) is 60.7 Å². The third-order valence-electron chi connectivity index (χ3n) is 4.78. The molecule has 1 atom stereocenters. The summed E-state index contributed by atoms with van der Waals surface area (Å²) in [4.78, 5) is 15.4. The molecule has 1 unspecified atom stereocenters. The van der Waals surface area contributed by atoms with Gasteiger partial charge in [0.05, 0.1) is 0 Å². The van der Waals surface area contributed by atoms with Crippen LogP contribution in [0.1, 0.15) is 43.2 Å². The summed E-state index contributed by atoms with van der Waals surface area (Å²) in [7, 11) is 0. The van der Waals surface area contributed by atoms with Gasteiger partial charge >= 0.3 is 5.97 Å². The fraction of sp³-hybridized carbons (Fsp3) is 0.409. The summed E-state index contributed by atoms with van der Waals surface area (Å²) in [5.74, 6) is -0.534. The van der Waals surface area contributed by atoms with E-state index in [0.717, 1.165) is 30.8 Å². The number of halogens is 1. The molecule has 1 aliphatic heterocycles. The van der Waals surface area contributed by atoms with Gasteiger partial charge in [-0.1, -0.05) is 67.1 Å². The Kier molecular flexibility index (Phi) is 8.14. The number of piperidine rings is 1. The molecule has 0 radical (unpaired) electrons. The summed E-state index contributed by atoms with van der Waals surface area (Å²) in [6.07, 6.45) is 3.71. The third kappa shape index (κ3) is 5.58. The second-order valence-electron chi connectivity index (χ2n) is 6.86. The Labute approximate surface area is 162 Å². The zero-order valence-corrected chi connectivity index (χ0v) is 16.1. The Bertz CT molecular complexity index is 617. The van der Waals surface area contributed by atoms with Crippen LogP contribution >= 0.6 is 0 Å². The second-order valence-corrected chi connectivity index (χ2v) is 6.86. The molecule has 3 rings (SSSR count). The lowest BCUT2D eigenvalue weighted by Gasteiger charge is -2.29. The molecule has 2 aromatic carbocycles. The van der Waals surface area contributed by atoms with Crippen LogP contribution in [-0.2, 0) is 9.53 Å². The highest BCUT2D eigenvalue weighted by molar-refractivity contribution is 5.82. The zero-order chi connectivity index (χ0) is 17.5. The monoisotopic (exact) mass is 372 g/mol. The Morgan fingerprint density at radius 2 is 1.42 bits per heavy atom. The minimum absolute atomic E-state index is 0. The third-order valence-corrected chi connectivity index (χ3v) is 4.78. The molecule has 1 heterocycles. The lowest BCUT2D eigenvalue weighted by atomic mass is 9.91. The van der Waals surface area contributed by atoms with Gasteiger partial charge in [0.15, 0.2) is 0 Å². The highest BCUT2D eigenvalue weighted by Crippen LogP contribution is 2.26. The summed E-state index contributed by atoms with van der Waals surface area (Å²) in [6.45, 7) is 5.05. The minimum Gasteiger partial charge on any atom is -1.00 e. The molecule has 1 aliphatic rings. The van der Waals surface area contributed by atoms with Crippen molar-refractivity contribution in [1.82, 2.24) is 4.90 Å². The van der Waals surface area contributed by atoms with Crippen molar-refractivity contribution < 1.29 is 21.9 Å². The number of esters is 1. The lowest BCUT2D eigenvalue weighted by molar-refractivity contribution is -0.150. The van der Waals surface area contributed by atoms with Gasteiger partial charge in [-0.25, -0.2) is 0 Å². The van der Waals surface area contributed by atoms with E-state index in [2.05, 4.69) is 4.90 Å². The van der Waals surface area contributed by atoms with Crippen molar-refractivity contribution in [2.45, 2.75) is 38.2 Å². The van der Waals surface area contributed by atoms with Gasteiger partial charge in [-0.05, 0) is 44.0 Å². The first-order valence-corrected chi connectivity index (χ1v) is 9.27. The predicted octanol–water partition coefficient (Wildman–Crippen LogP) is 1.24. The smallest absolute Gasteiger partial charge is 0.318 e. The number of carbonyl (C=O) groups excluding carboxylic acids is 1. The molecule has 140 valence electrons. The first-order valence-electron chi connectivity index (χ1n) is 9.27. The molecule has 0 N–H and O–H groups in total. The normalized spacial score (nSPS) is 15.9.